The number of rotatable bonds is 12. The minimum atomic E-state index is -0.223. The third kappa shape index (κ3) is 6.61. The molecule has 0 aliphatic carbocycles. The summed E-state index contributed by atoms with van der Waals surface area (Å²) in [6.45, 7) is 12.0. The Morgan fingerprint density at radius 2 is 2.00 bits per heavy atom. The number of hydrogen-bond acceptors (Lipinski definition) is 4. The Hall–Kier alpha value is -2.31. The zero-order valence-electron chi connectivity index (χ0n) is 20.6. The average molecular weight is 468 g/mol. The van der Waals surface area contributed by atoms with Crippen LogP contribution in [0.2, 0.25) is 0 Å². The first-order valence-corrected chi connectivity index (χ1v) is 13.0. The van der Waals surface area contributed by atoms with Crippen LogP contribution in [0.5, 0.6) is 0 Å². The van der Waals surface area contributed by atoms with Gasteiger partial charge in [0.1, 0.15) is 5.82 Å². The van der Waals surface area contributed by atoms with Crippen LogP contribution in [-0.2, 0) is 11.2 Å². The van der Waals surface area contributed by atoms with Crippen LogP contribution < -0.4 is 0 Å². The van der Waals surface area contributed by atoms with Crippen molar-refractivity contribution in [1.82, 2.24) is 9.55 Å². The van der Waals surface area contributed by atoms with E-state index in [0.717, 1.165) is 42.5 Å². The van der Waals surface area contributed by atoms with Gasteiger partial charge in [-0.2, -0.15) is 0 Å². The van der Waals surface area contributed by atoms with Crippen LogP contribution in [0, 0.1) is 11.8 Å². The van der Waals surface area contributed by atoms with Crippen molar-refractivity contribution in [3.05, 3.63) is 52.0 Å². The van der Waals surface area contributed by atoms with E-state index in [1.165, 1.54) is 4.88 Å². The lowest BCUT2D eigenvalue weighted by Gasteiger charge is -2.18. The highest BCUT2D eigenvalue weighted by atomic mass is 32.1. The molecule has 33 heavy (non-hydrogen) atoms. The van der Waals surface area contributed by atoms with E-state index in [2.05, 4.69) is 54.8 Å². The molecule has 1 amide bonds. The number of imidazole rings is 1. The number of carbonyl (C=O) groups is 1. The molecule has 0 fully saturated rings. The molecule has 1 unspecified atom stereocenters. The van der Waals surface area contributed by atoms with Gasteiger partial charge in [0.15, 0.2) is 0 Å². The number of thiophene rings is 1. The van der Waals surface area contributed by atoms with Crippen molar-refractivity contribution < 1.29 is 9.53 Å². The molecule has 178 valence electrons. The van der Waals surface area contributed by atoms with E-state index in [9.17, 15) is 4.79 Å². The van der Waals surface area contributed by atoms with E-state index >= 15 is 0 Å². The maximum Gasteiger partial charge on any atom is 0.276 e. The van der Waals surface area contributed by atoms with Gasteiger partial charge in [-0.1, -0.05) is 33.8 Å². The van der Waals surface area contributed by atoms with E-state index < -0.39 is 0 Å². The maximum atomic E-state index is 12.9. The molecule has 0 N–H and O–H groups in total. The number of aliphatic imine (C=N–C) groups is 1. The number of fused-ring (bicyclic) bond motifs is 1. The average Bonchev–Trinajstić information content (AvgIpc) is 3.44. The number of carbonyl (C=O) groups excluding carboxylic acids is 1. The molecule has 3 aromatic rings. The van der Waals surface area contributed by atoms with E-state index in [4.69, 9.17) is 9.72 Å². The lowest BCUT2D eigenvalue weighted by atomic mass is 9.99. The highest BCUT2D eigenvalue weighted by Gasteiger charge is 2.19. The summed E-state index contributed by atoms with van der Waals surface area (Å²) in [5.74, 6) is 1.50. The predicted octanol–water partition coefficient (Wildman–Crippen LogP) is 6.96. The molecule has 0 spiro atoms. The van der Waals surface area contributed by atoms with Gasteiger partial charge in [0.25, 0.3) is 5.91 Å². The monoisotopic (exact) mass is 467 g/mol. The van der Waals surface area contributed by atoms with Crippen molar-refractivity contribution in [1.29, 1.82) is 0 Å². The molecule has 0 saturated carbocycles. The van der Waals surface area contributed by atoms with Gasteiger partial charge in [-0.25, -0.2) is 9.98 Å². The molecule has 0 saturated heterocycles. The highest BCUT2D eigenvalue weighted by molar-refractivity contribution is 7.09. The Morgan fingerprint density at radius 3 is 2.64 bits per heavy atom. The standard InChI is InChI=1S/C27H37N3O2S/c1-6-22(7-2)30-25-12-11-21(15-24(25)29-26(30)16-23-10-9-13-33-23)27(31)28-17-20(14-19(4)5)18-32-8-3/h9-13,15,17,19-20,22H,6-8,14,16,18H2,1-5H3. The van der Waals surface area contributed by atoms with Crippen molar-refractivity contribution in [2.75, 3.05) is 13.2 Å². The largest absolute Gasteiger partial charge is 0.381 e. The van der Waals surface area contributed by atoms with Crippen LogP contribution >= 0.6 is 11.3 Å². The van der Waals surface area contributed by atoms with Crippen LogP contribution in [0.15, 0.2) is 40.7 Å². The molecule has 0 bridgehead atoms. The molecular formula is C27H37N3O2S. The molecule has 2 aromatic heterocycles. The van der Waals surface area contributed by atoms with E-state index in [1.54, 1.807) is 17.6 Å². The van der Waals surface area contributed by atoms with Crippen LogP contribution in [0.1, 0.15) is 81.0 Å². The SMILES string of the molecule is CCOCC(C=NC(=O)c1ccc2c(c1)nc(Cc1cccs1)n2C(CC)CC)CC(C)C. The quantitative estimate of drug-likeness (QED) is 0.271. The summed E-state index contributed by atoms with van der Waals surface area (Å²) in [4.78, 5) is 23.4. The number of ether oxygens (including phenoxy) is 1. The molecule has 1 aromatic carbocycles. The molecule has 0 aliphatic heterocycles. The van der Waals surface area contributed by atoms with Crippen LogP contribution in [0.3, 0.4) is 0 Å². The first-order chi connectivity index (χ1) is 16.0. The second-order valence-electron chi connectivity index (χ2n) is 8.96. The van der Waals surface area contributed by atoms with E-state index in [1.807, 2.05) is 25.1 Å². The minimum absolute atomic E-state index is 0.143. The number of nitrogens with zero attached hydrogens (tertiary/aromatic N) is 3. The first-order valence-electron chi connectivity index (χ1n) is 12.2. The highest BCUT2D eigenvalue weighted by Crippen LogP contribution is 2.28. The summed E-state index contributed by atoms with van der Waals surface area (Å²) in [6.07, 6.45) is 5.61. The smallest absolute Gasteiger partial charge is 0.276 e. The van der Waals surface area contributed by atoms with Gasteiger partial charge in [0.05, 0.1) is 17.6 Å². The molecular weight excluding hydrogens is 430 g/mol. The van der Waals surface area contributed by atoms with Gasteiger partial charge >= 0.3 is 0 Å². The molecule has 3 rings (SSSR count). The molecule has 0 aliphatic rings. The normalized spacial score (nSPS) is 13.1. The molecule has 2 heterocycles. The predicted molar refractivity (Wildman–Crippen MR) is 139 cm³/mol. The molecule has 5 nitrogen and oxygen atoms in total. The summed E-state index contributed by atoms with van der Waals surface area (Å²) < 4.78 is 7.95. The summed E-state index contributed by atoms with van der Waals surface area (Å²) in [5.41, 5.74) is 2.53. The molecule has 1 atom stereocenters. The zero-order chi connectivity index (χ0) is 23.8. The molecule has 0 radical (unpaired) electrons. The lowest BCUT2D eigenvalue weighted by molar-refractivity contribution is 0.100. The van der Waals surface area contributed by atoms with Crippen molar-refractivity contribution in [3.8, 4) is 0 Å². The summed E-state index contributed by atoms with van der Waals surface area (Å²) in [7, 11) is 0. The fourth-order valence-electron chi connectivity index (χ4n) is 4.33. The van der Waals surface area contributed by atoms with E-state index in [0.29, 0.717) is 30.7 Å². The van der Waals surface area contributed by atoms with Gasteiger partial charge < -0.3 is 9.30 Å². The minimum Gasteiger partial charge on any atom is -0.381 e. The third-order valence-electron chi connectivity index (χ3n) is 5.94. The Balaban J connectivity index is 1.89. The lowest BCUT2D eigenvalue weighted by Crippen LogP contribution is -2.14. The van der Waals surface area contributed by atoms with Crippen molar-refractivity contribution >= 4 is 34.5 Å². The Bertz CT molecular complexity index is 1050. The topological polar surface area (TPSA) is 56.5 Å². The third-order valence-corrected chi connectivity index (χ3v) is 6.82. The van der Waals surface area contributed by atoms with Gasteiger partial charge in [-0.15, -0.1) is 11.3 Å². The Labute approximate surface area is 201 Å². The second-order valence-corrected chi connectivity index (χ2v) is 9.99. The summed E-state index contributed by atoms with van der Waals surface area (Å²) in [6, 6.07) is 10.4. The second kappa shape index (κ2) is 12.2. The van der Waals surface area contributed by atoms with Crippen molar-refractivity contribution in [3.63, 3.8) is 0 Å². The summed E-state index contributed by atoms with van der Waals surface area (Å²) in [5, 5.41) is 2.10. The fourth-order valence-corrected chi connectivity index (χ4v) is 5.03. The number of benzene rings is 1. The fraction of sp³-hybridized carbons (Fsp3) is 0.519. The summed E-state index contributed by atoms with van der Waals surface area (Å²) >= 11 is 1.75. The first kappa shape index (κ1) is 25.3. The van der Waals surface area contributed by atoms with Gasteiger partial charge in [-0.3, -0.25) is 4.79 Å². The van der Waals surface area contributed by atoms with Gasteiger partial charge in [-0.05, 0) is 61.7 Å². The van der Waals surface area contributed by atoms with Crippen LogP contribution in [0.4, 0.5) is 0 Å². The van der Waals surface area contributed by atoms with Crippen LogP contribution in [-0.4, -0.2) is 34.9 Å². The van der Waals surface area contributed by atoms with Crippen molar-refractivity contribution in [2.24, 2.45) is 16.8 Å². The van der Waals surface area contributed by atoms with Gasteiger partial charge in [0.2, 0.25) is 0 Å². The van der Waals surface area contributed by atoms with Crippen molar-refractivity contribution in [2.45, 2.75) is 66.3 Å². The van der Waals surface area contributed by atoms with Gasteiger partial charge in [0, 0.05) is 41.6 Å². The Kier molecular flexibility index (Phi) is 9.39. The number of amides is 1. The number of hydrogen-bond donors (Lipinski definition) is 0. The Morgan fingerprint density at radius 1 is 1.21 bits per heavy atom. The maximum absolute atomic E-state index is 12.9. The van der Waals surface area contributed by atoms with E-state index in [-0.39, 0.29) is 11.8 Å². The molecule has 6 heteroatoms. The van der Waals surface area contributed by atoms with Crippen LogP contribution in [0.25, 0.3) is 11.0 Å². The number of aromatic nitrogens is 2. The zero-order valence-corrected chi connectivity index (χ0v) is 21.4.